The second-order valence-corrected chi connectivity index (χ2v) is 7.73. The average molecular weight is 363 g/mol. The minimum atomic E-state index is 0. The van der Waals surface area contributed by atoms with Gasteiger partial charge in [-0.05, 0) is 49.6 Å². The third-order valence-electron chi connectivity index (χ3n) is 5.04. The van der Waals surface area contributed by atoms with Crippen LogP contribution in [0.5, 0.6) is 0 Å². The number of rotatable bonds is 3. The second kappa shape index (κ2) is 7.26. The van der Waals surface area contributed by atoms with Crippen LogP contribution in [0.4, 0.5) is 0 Å². The molecular formula is C19H23ClN2OS. The number of thiophene rings is 1. The Morgan fingerprint density at radius 3 is 2.46 bits per heavy atom. The highest BCUT2D eigenvalue weighted by Crippen LogP contribution is 2.30. The molecule has 2 bridgehead atoms. The fourth-order valence-corrected chi connectivity index (χ4v) is 4.69. The number of carbonyl (C=O) groups is 1. The lowest BCUT2D eigenvalue weighted by Gasteiger charge is -2.29. The maximum Gasteiger partial charge on any atom is 0.262 e. The van der Waals surface area contributed by atoms with E-state index in [4.69, 9.17) is 0 Å². The number of benzene rings is 1. The third-order valence-corrected chi connectivity index (χ3v) is 5.96. The fraction of sp³-hybridized carbons (Fsp3) is 0.421. The summed E-state index contributed by atoms with van der Waals surface area (Å²) >= 11 is 1.53. The van der Waals surface area contributed by atoms with E-state index in [-0.39, 0.29) is 18.3 Å². The van der Waals surface area contributed by atoms with Crippen LogP contribution in [0.1, 0.15) is 40.9 Å². The van der Waals surface area contributed by atoms with Gasteiger partial charge in [-0.2, -0.15) is 0 Å². The lowest BCUT2D eigenvalue weighted by atomic mass is 9.99. The zero-order valence-corrected chi connectivity index (χ0v) is 15.4. The molecule has 2 atom stereocenters. The monoisotopic (exact) mass is 362 g/mol. The van der Waals surface area contributed by atoms with Crippen LogP contribution in [0.3, 0.4) is 0 Å². The topological polar surface area (TPSA) is 41.1 Å². The van der Waals surface area contributed by atoms with Gasteiger partial charge in [0, 0.05) is 23.7 Å². The number of halogens is 1. The highest BCUT2D eigenvalue weighted by atomic mass is 35.5. The standard InChI is InChI=1S/C19H22N2OS.ClH/c1-12-2-4-13(5-3-12)17-8-9-23-18(17)19(22)21-16-10-14-6-7-15(11-16)20-14;/h2-5,8-9,14-16,20H,6-7,10-11H2,1H3,(H,21,22);1H. The van der Waals surface area contributed by atoms with E-state index in [1.807, 2.05) is 5.38 Å². The first-order chi connectivity index (χ1) is 11.2. The van der Waals surface area contributed by atoms with Crippen molar-refractivity contribution in [3.05, 3.63) is 46.2 Å². The number of piperidine rings is 1. The summed E-state index contributed by atoms with van der Waals surface area (Å²) in [4.78, 5) is 13.6. The molecule has 0 spiro atoms. The highest BCUT2D eigenvalue weighted by Gasteiger charge is 2.34. The van der Waals surface area contributed by atoms with Gasteiger partial charge in [0.2, 0.25) is 0 Å². The molecule has 5 heteroatoms. The van der Waals surface area contributed by atoms with Crippen LogP contribution >= 0.6 is 23.7 Å². The Bertz CT molecular complexity index is 700. The van der Waals surface area contributed by atoms with Gasteiger partial charge in [-0.3, -0.25) is 4.79 Å². The van der Waals surface area contributed by atoms with Crippen molar-refractivity contribution in [2.75, 3.05) is 0 Å². The first-order valence-corrected chi connectivity index (χ1v) is 9.28. The van der Waals surface area contributed by atoms with Gasteiger partial charge in [0.05, 0.1) is 4.88 Å². The summed E-state index contributed by atoms with van der Waals surface area (Å²) in [5.41, 5.74) is 3.40. The smallest absolute Gasteiger partial charge is 0.262 e. The summed E-state index contributed by atoms with van der Waals surface area (Å²) in [6.07, 6.45) is 4.64. The van der Waals surface area contributed by atoms with Crippen LogP contribution in [0.2, 0.25) is 0 Å². The molecule has 1 aromatic heterocycles. The van der Waals surface area contributed by atoms with Crippen molar-refractivity contribution < 1.29 is 4.79 Å². The number of nitrogens with one attached hydrogen (secondary N) is 2. The molecular weight excluding hydrogens is 340 g/mol. The maximum atomic E-state index is 12.7. The van der Waals surface area contributed by atoms with Gasteiger partial charge in [0.15, 0.2) is 0 Å². The highest BCUT2D eigenvalue weighted by molar-refractivity contribution is 7.12. The van der Waals surface area contributed by atoms with Gasteiger partial charge >= 0.3 is 0 Å². The first-order valence-electron chi connectivity index (χ1n) is 8.40. The molecule has 0 saturated carbocycles. The van der Waals surface area contributed by atoms with Gasteiger partial charge in [-0.1, -0.05) is 29.8 Å². The summed E-state index contributed by atoms with van der Waals surface area (Å²) in [6, 6.07) is 11.9. The maximum absolute atomic E-state index is 12.7. The first kappa shape index (κ1) is 17.5. The van der Waals surface area contributed by atoms with E-state index in [0.717, 1.165) is 28.8 Å². The molecule has 0 radical (unpaired) electrons. The normalized spacial score (nSPS) is 25.1. The minimum Gasteiger partial charge on any atom is -0.348 e. The Morgan fingerprint density at radius 2 is 1.79 bits per heavy atom. The lowest BCUT2D eigenvalue weighted by Crippen LogP contribution is -2.47. The Labute approximate surface area is 153 Å². The van der Waals surface area contributed by atoms with E-state index in [2.05, 4.69) is 47.9 Å². The molecule has 128 valence electrons. The molecule has 2 N–H and O–H groups in total. The lowest BCUT2D eigenvalue weighted by molar-refractivity contribution is 0.0928. The quantitative estimate of drug-likeness (QED) is 0.860. The van der Waals surface area contributed by atoms with Crippen LogP contribution < -0.4 is 10.6 Å². The van der Waals surface area contributed by atoms with Crippen molar-refractivity contribution in [3.8, 4) is 11.1 Å². The summed E-state index contributed by atoms with van der Waals surface area (Å²) < 4.78 is 0. The molecule has 2 aliphatic heterocycles. The van der Waals surface area contributed by atoms with Crippen molar-refractivity contribution in [3.63, 3.8) is 0 Å². The van der Waals surface area contributed by atoms with E-state index in [1.54, 1.807) is 0 Å². The number of hydrogen-bond acceptors (Lipinski definition) is 3. The molecule has 1 amide bonds. The van der Waals surface area contributed by atoms with Crippen LogP contribution in [0, 0.1) is 6.92 Å². The number of carbonyl (C=O) groups excluding carboxylic acids is 1. The van der Waals surface area contributed by atoms with Gasteiger partial charge in [-0.25, -0.2) is 0 Å². The molecule has 4 rings (SSSR count). The molecule has 1 aromatic carbocycles. The minimum absolute atomic E-state index is 0. The number of fused-ring (bicyclic) bond motifs is 2. The third kappa shape index (κ3) is 3.51. The molecule has 3 nitrogen and oxygen atoms in total. The Hall–Kier alpha value is -1.36. The Morgan fingerprint density at radius 1 is 1.12 bits per heavy atom. The zero-order valence-electron chi connectivity index (χ0n) is 13.7. The molecule has 2 saturated heterocycles. The van der Waals surface area contributed by atoms with Crippen molar-refractivity contribution >= 4 is 29.7 Å². The van der Waals surface area contributed by atoms with Gasteiger partial charge in [0.1, 0.15) is 0 Å². The summed E-state index contributed by atoms with van der Waals surface area (Å²) in [5, 5.41) is 8.91. The van der Waals surface area contributed by atoms with Gasteiger partial charge in [0.25, 0.3) is 5.91 Å². The molecule has 2 unspecified atom stereocenters. The summed E-state index contributed by atoms with van der Waals surface area (Å²) in [5.74, 6) is 0.0851. The van der Waals surface area contributed by atoms with E-state index < -0.39 is 0 Å². The fourth-order valence-electron chi connectivity index (χ4n) is 3.87. The largest absolute Gasteiger partial charge is 0.348 e. The molecule has 2 aliphatic rings. The van der Waals surface area contributed by atoms with Crippen LogP contribution in [0.25, 0.3) is 11.1 Å². The zero-order chi connectivity index (χ0) is 15.8. The van der Waals surface area contributed by atoms with Crippen LogP contribution in [-0.4, -0.2) is 24.0 Å². The SMILES string of the molecule is Cc1ccc(-c2ccsc2C(=O)NC2CC3CCC(C2)N3)cc1.Cl. The average Bonchev–Trinajstić information content (AvgIpc) is 3.15. The second-order valence-electron chi connectivity index (χ2n) is 6.81. The number of aryl methyl sites for hydroxylation is 1. The van der Waals surface area contributed by atoms with Crippen molar-refractivity contribution in [1.82, 2.24) is 10.6 Å². The van der Waals surface area contributed by atoms with E-state index in [9.17, 15) is 4.79 Å². The van der Waals surface area contributed by atoms with E-state index in [0.29, 0.717) is 18.1 Å². The van der Waals surface area contributed by atoms with E-state index >= 15 is 0 Å². The van der Waals surface area contributed by atoms with Gasteiger partial charge < -0.3 is 10.6 Å². The molecule has 24 heavy (non-hydrogen) atoms. The molecule has 3 heterocycles. The predicted octanol–water partition coefficient (Wildman–Crippen LogP) is 4.16. The number of hydrogen-bond donors (Lipinski definition) is 2. The number of amides is 1. The van der Waals surface area contributed by atoms with Crippen LogP contribution in [0.15, 0.2) is 35.7 Å². The molecule has 0 aliphatic carbocycles. The van der Waals surface area contributed by atoms with Crippen molar-refractivity contribution in [1.29, 1.82) is 0 Å². The molecule has 2 fully saturated rings. The predicted molar refractivity (Wildman–Crippen MR) is 102 cm³/mol. The van der Waals surface area contributed by atoms with Crippen LogP contribution in [-0.2, 0) is 0 Å². The van der Waals surface area contributed by atoms with Gasteiger partial charge in [-0.15, -0.1) is 23.7 Å². The summed E-state index contributed by atoms with van der Waals surface area (Å²) in [7, 11) is 0. The molecule has 2 aromatic rings. The van der Waals surface area contributed by atoms with Crippen molar-refractivity contribution in [2.45, 2.75) is 50.7 Å². The van der Waals surface area contributed by atoms with E-state index in [1.165, 1.54) is 29.7 Å². The Balaban J connectivity index is 0.00000169. The summed E-state index contributed by atoms with van der Waals surface area (Å²) in [6.45, 7) is 2.08. The Kier molecular flexibility index (Phi) is 5.28. The van der Waals surface area contributed by atoms with Crippen molar-refractivity contribution in [2.24, 2.45) is 0 Å².